The first-order valence-corrected chi connectivity index (χ1v) is 6.16. The molecule has 2 rings (SSSR count). The van der Waals surface area contributed by atoms with Crippen molar-refractivity contribution in [2.75, 3.05) is 0 Å². The molecule has 0 spiro atoms. The fourth-order valence-electron chi connectivity index (χ4n) is 2.02. The number of nitrogens with two attached hydrogens (primary N) is 1. The zero-order valence-electron chi connectivity index (χ0n) is 11.2. The van der Waals surface area contributed by atoms with Crippen LogP contribution in [-0.2, 0) is 0 Å². The molecule has 0 bridgehead atoms. The summed E-state index contributed by atoms with van der Waals surface area (Å²) in [6, 6.07) is 10.6. The Morgan fingerprint density at radius 1 is 1.10 bits per heavy atom. The molecule has 0 unspecified atom stereocenters. The second kappa shape index (κ2) is 5.70. The monoisotopic (exact) mass is 271 g/mol. The van der Waals surface area contributed by atoms with Crippen LogP contribution in [0.2, 0.25) is 0 Å². The maximum absolute atomic E-state index is 13.8. The second-order valence-electron chi connectivity index (χ2n) is 4.56. The van der Waals surface area contributed by atoms with Crippen molar-refractivity contribution >= 4 is 11.3 Å². The highest BCUT2D eigenvalue weighted by Gasteiger charge is 2.08. The lowest BCUT2D eigenvalue weighted by molar-refractivity contribution is 0.623. The van der Waals surface area contributed by atoms with E-state index in [0.717, 1.165) is 5.56 Å². The summed E-state index contributed by atoms with van der Waals surface area (Å²) < 4.78 is 26.7. The molecule has 0 heterocycles. The van der Waals surface area contributed by atoms with Gasteiger partial charge in [-0.15, -0.1) is 0 Å². The Bertz CT molecular complexity index is 650. The van der Waals surface area contributed by atoms with Gasteiger partial charge in [-0.2, -0.15) is 0 Å². The van der Waals surface area contributed by atoms with E-state index in [1.807, 2.05) is 13.0 Å². The molecule has 0 radical (unpaired) electrons. The molecule has 0 saturated heterocycles. The Morgan fingerprint density at radius 2 is 1.75 bits per heavy atom. The van der Waals surface area contributed by atoms with Gasteiger partial charge in [0.05, 0.1) is 0 Å². The van der Waals surface area contributed by atoms with Crippen molar-refractivity contribution < 1.29 is 8.78 Å². The topological polar surface area (TPSA) is 26.0 Å². The van der Waals surface area contributed by atoms with Gasteiger partial charge in [-0.3, -0.25) is 0 Å². The van der Waals surface area contributed by atoms with E-state index in [2.05, 4.69) is 6.58 Å². The summed E-state index contributed by atoms with van der Waals surface area (Å²) in [6.07, 6.45) is 1.60. The number of hydrogen-bond acceptors (Lipinski definition) is 1. The van der Waals surface area contributed by atoms with E-state index < -0.39 is 0 Å². The highest BCUT2D eigenvalue weighted by atomic mass is 19.1. The van der Waals surface area contributed by atoms with E-state index in [0.29, 0.717) is 22.4 Å². The van der Waals surface area contributed by atoms with Crippen LogP contribution in [0.5, 0.6) is 0 Å². The summed E-state index contributed by atoms with van der Waals surface area (Å²) in [5.74, 6) is -0.663. The summed E-state index contributed by atoms with van der Waals surface area (Å²) in [7, 11) is 0. The predicted molar refractivity (Wildman–Crippen MR) is 78.7 cm³/mol. The summed E-state index contributed by atoms with van der Waals surface area (Å²) in [4.78, 5) is 0. The molecule has 2 aromatic rings. The average molecular weight is 271 g/mol. The summed E-state index contributed by atoms with van der Waals surface area (Å²) in [5, 5.41) is 0. The van der Waals surface area contributed by atoms with E-state index in [-0.39, 0.29) is 11.6 Å². The Kier molecular flexibility index (Phi) is 3.99. The molecule has 2 aromatic carbocycles. The summed E-state index contributed by atoms with van der Waals surface area (Å²) in [6.45, 7) is 5.67. The molecule has 102 valence electrons. The smallest absolute Gasteiger partial charge is 0.131 e. The zero-order chi connectivity index (χ0) is 14.7. The third kappa shape index (κ3) is 2.94. The molecular weight excluding hydrogens is 256 g/mol. The average Bonchev–Trinajstić information content (AvgIpc) is 2.39. The lowest BCUT2D eigenvalue weighted by Crippen LogP contribution is -1.98. The van der Waals surface area contributed by atoms with E-state index in [1.54, 1.807) is 24.3 Å². The van der Waals surface area contributed by atoms with Crippen LogP contribution in [0.15, 0.2) is 55.1 Å². The van der Waals surface area contributed by atoms with E-state index in [9.17, 15) is 8.78 Å². The maximum atomic E-state index is 13.8. The molecule has 0 aliphatic rings. The second-order valence-corrected chi connectivity index (χ2v) is 4.56. The van der Waals surface area contributed by atoms with Gasteiger partial charge in [-0.1, -0.05) is 30.8 Å². The van der Waals surface area contributed by atoms with Crippen molar-refractivity contribution in [1.29, 1.82) is 0 Å². The number of aryl methyl sites for hydroxylation is 1. The van der Waals surface area contributed by atoms with Crippen LogP contribution in [0.25, 0.3) is 11.3 Å². The van der Waals surface area contributed by atoms with Crippen molar-refractivity contribution in [1.82, 2.24) is 0 Å². The molecule has 2 N–H and O–H groups in total. The van der Waals surface area contributed by atoms with Crippen LogP contribution < -0.4 is 5.73 Å². The van der Waals surface area contributed by atoms with Crippen molar-refractivity contribution in [3.8, 4) is 0 Å². The molecular formula is C17H15F2N. The van der Waals surface area contributed by atoms with Crippen LogP contribution in [0.3, 0.4) is 0 Å². The minimum absolute atomic E-state index is 0.328. The minimum atomic E-state index is -0.335. The number of hydrogen-bond donors (Lipinski definition) is 1. The van der Waals surface area contributed by atoms with E-state index in [4.69, 9.17) is 5.73 Å². The van der Waals surface area contributed by atoms with E-state index >= 15 is 0 Å². The highest BCUT2D eigenvalue weighted by Crippen LogP contribution is 2.24. The lowest BCUT2D eigenvalue weighted by Gasteiger charge is -2.09. The molecule has 0 fully saturated rings. The first kappa shape index (κ1) is 14.0. The number of halogens is 2. The fourth-order valence-corrected chi connectivity index (χ4v) is 2.02. The third-order valence-electron chi connectivity index (χ3n) is 3.05. The van der Waals surface area contributed by atoms with Gasteiger partial charge in [0.2, 0.25) is 0 Å². The molecule has 0 atom stereocenters. The molecule has 0 amide bonds. The van der Waals surface area contributed by atoms with Crippen LogP contribution in [-0.4, -0.2) is 0 Å². The SMILES string of the molecule is C=C(/C=C(\N)c1ccc(F)cc1)c1c(C)cccc1F. The van der Waals surface area contributed by atoms with Crippen molar-refractivity contribution in [3.05, 3.63) is 83.4 Å². The molecule has 0 aliphatic carbocycles. The van der Waals surface area contributed by atoms with Gasteiger partial charge in [0.1, 0.15) is 11.6 Å². The van der Waals surface area contributed by atoms with E-state index in [1.165, 1.54) is 18.2 Å². The van der Waals surface area contributed by atoms with Crippen molar-refractivity contribution in [3.63, 3.8) is 0 Å². The van der Waals surface area contributed by atoms with Crippen LogP contribution in [0, 0.1) is 18.6 Å². The first-order valence-electron chi connectivity index (χ1n) is 6.16. The van der Waals surface area contributed by atoms with Gasteiger partial charge in [-0.05, 0) is 47.9 Å². The first-order chi connectivity index (χ1) is 9.49. The third-order valence-corrected chi connectivity index (χ3v) is 3.05. The number of allylic oxidation sites excluding steroid dienone is 2. The normalized spacial score (nSPS) is 11.4. The minimum Gasteiger partial charge on any atom is -0.398 e. The Morgan fingerprint density at radius 3 is 2.35 bits per heavy atom. The van der Waals surface area contributed by atoms with Crippen LogP contribution in [0.4, 0.5) is 8.78 Å². The molecule has 20 heavy (non-hydrogen) atoms. The van der Waals surface area contributed by atoms with Crippen molar-refractivity contribution in [2.24, 2.45) is 5.73 Å². The van der Waals surface area contributed by atoms with Gasteiger partial charge in [-0.25, -0.2) is 8.78 Å². The molecule has 3 heteroatoms. The van der Waals surface area contributed by atoms with Gasteiger partial charge in [0.15, 0.2) is 0 Å². The Labute approximate surface area is 117 Å². The summed E-state index contributed by atoms with van der Waals surface area (Å²) >= 11 is 0. The largest absolute Gasteiger partial charge is 0.398 e. The molecule has 0 saturated carbocycles. The Balaban J connectivity index is 2.35. The quantitative estimate of drug-likeness (QED) is 0.828. The molecule has 1 nitrogen and oxygen atoms in total. The van der Waals surface area contributed by atoms with Gasteiger partial charge >= 0.3 is 0 Å². The highest BCUT2D eigenvalue weighted by molar-refractivity contribution is 5.82. The predicted octanol–water partition coefficient (Wildman–Crippen LogP) is 4.29. The number of benzene rings is 2. The zero-order valence-corrected chi connectivity index (χ0v) is 11.2. The lowest BCUT2D eigenvalue weighted by atomic mass is 9.99. The Hall–Kier alpha value is -2.42. The fraction of sp³-hybridized carbons (Fsp3) is 0.0588. The maximum Gasteiger partial charge on any atom is 0.131 e. The van der Waals surface area contributed by atoms with Crippen LogP contribution in [0.1, 0.15) is 16.7 Å². The standard InChI is InChI=1S/C17H15F2N/c1-11-4-3-5-15(19)17(11)12(2)10-16(20)13-6-8-14(18)9-7-13/h3-10H,2,20H2,1H3/b16-10-. The molecule has 0 aliphatic heterocycles. The van der Waals surface area contributed by atoms with Crippen LogP contribution >= 0.6 is 0 Å². The summed E-state index contributed by atoms with van der Waals surface area (Å²) in [5.41, 5.74) is 8.74. The molecule has 0 aromatic heterocycles. The van der Waals surface area contributed by atoms with Gasteiger partial charge in [0, 0.05) is 11.3 Å². The number of rotatable bonds is 3. The van der Waals surface area contributed by atoms with Crippen molar-refractivity contribution in [2.45, 2.75) is 6.92 Å². The van der Waals surface area contributed by atoms with Gasteiger partial charge in [0.25, 0.3) is 0 Å². The van der Waals surface area contributed by atoms with Gasteiger partial charge < -0.3 is 5.73 Å².